The standard InChI is InChI=1S/C32H51PSe3/c1-9-10-11-12-25-35-26(2)36-33(34,23-21-27-13-17-29(18-14-27)31(3,4)5)24-22-28-15-19-30(20-16-28)32(6,7)8/h13-20,26H,9-12,21-25H2,1-8H3. The molecule has 0 spiro atoms. The molecule has 0 fully saturated rings. The van der Waals surface area contributed by atoms with Crippen molar-refractivity contribution >= 4 is 48.8 Å². The Labute approximate surface area is 244 Å². The number of unbranched alkanes of at least 4 members (excludes halogenated alkanes) is 3. The van der Waals surface area contributed by atoms with E-state index < -0.39 is 4.20 Å². The molecule has 0 radical (unpaired) electrons. The Morgan fingerprint density at radius 1 is 0.722 bits per heavy atom. The van der Waals surface area contributed by atoms with E-state index in [4.69, 9.17) is 0 Å². The number of hydrogen-bond donors (Lipinski definition) is 0. The summed E-state index contributed by atoms with van der Waals surface area (Å²) in [6.45, 7) is 18.7. The van der Waals surface area contributed by atoms with Crippen LogP contribution < -0.4 is 0 Å². The molecule has 0 aliphatic heterocycles. The Morgan fingerprint density at radius 2 is 1.17 bits per heavy atom. The minimum atomic E-state index is -1.05. The summed E-state index contributed by atoms with van der Waals surface area (Å²) in [4.78, 5) is 0. The van der Waals surface area contributed by atoms with Crippen molar-refractivity contribution in [1.82, 2.24) is 0 Å². The van der Waals surface area contributed by atoms with Crippen molar-refractivity contribution in [3.63, 3.8) is 0 Å². The van der Waals surface area contributed by atoms with Crippen LogP contribution in [-0.2, 0) is 23.7 Å². The second-order valence-electron chi connectivity index (χ2n) is 12.3. The molecule has 2 aromatic carbocycles. The van der Waals surface area contributed by atoms with E-state index in [1.54, 1.807) is 0 Å². The van der Waals surface area contributed by atoms with Crippen LogP contribution in [0.4, 0.5) is 0 Å². The number of aryl methyl sites for hydroxylation is 2. The SMILES string of the molecule is CCCCCC[Se]C(C)[Se]P(=[Se])(CCc1ccc(C(C)(C)C)cc1)CCc1ccc(C(C)(C)C)cc1. The van der Waals surface area contributed by atoms with Crippen LogP contribution >= 0.6 is 4.20 Å². The van der Waals surface area contributed by atoms with Crippen molar-refractivity contribution in [1.29, 1.82) is 0 Å². The number of rotatable bonds is 14. The number of benzene rings is 2. The van der Waals surface area contributed by atoms with Crippen LogP contribution in [0.25, 0.3) is 0 Å². The molecule has 2 rings (SSSR count). The molecule has 0 saturated carbocycles. The van der Waals surface area contributed by atoms with Crippen molar-refractivity contribution in [3.8, 4) is 0 Å². The average molecular weight is 704 g/mol. The molecule has 202 valence electrons. The predicted molar refractivity (Wildman–Crippen MR) is 170 cm³/mol. The zero-order chi connectivity index (χ0) is 26.8. The summed E-state index contributed by atoms with van der Waals surface area (Å²) >= 11 is 5.45. The fourth-order valence-electron chi connectivity index (χ4n) is 4.24. The topological polar surface area (TPSA) is 0 Å². The zero-order valence-corrected chi connectivity index (χ0v) is 30.3. The van der Waals surface area contributed by atoms with Gasteiger partial charge in [0.2, 0.25) is 0 Å². The van der Waals surface area contributed by atoms with Gasteiger partial charge in [-0.15, -0.1) is 0 Å². The molecular weight excluding hydrogens is 652 g/mol. The molecule has 4 heteroatoms. The minimum absolute atomic E-state index is 0.230. The van der Waals surface area contributed by atoms with E-state index in [0.29, 0.717) is 0 Å². The summed E-state index contributed by atoms with van der Waals surface area (Å²) in [6.07, 6.45) is 10.8. The van der Waals surface area contributed by atoms with E-state index in [-0.39, 0.29) is 10.8 Å². The van der Waals surface area contributed by atoms with Crippen molar-refractivity contribution in [2.75, 3.05) is 12.3 Å². The summed E-state index contributed by atoms with van der Waals surface area (Å²) in [6, 6.07) is 19.0. The van der Waals surface area contributed by atoms with E-state index in [1.165, 1.54) is 78.4 Å². The van der Waals surface area contributed by atoms with Crippen molar-refractivity contribution in [2.24, 2.45) is 0 Å². The van der Waals surface area contributed by atoms with Crippen LogP contribution in [-0.4, -0.2) is 56.9 Å². The third-order valence-corrected chi connectivity index (χ3v) is 27.4. The summed E-state index contributed by atoms with van der Waals surface area (Å²) in [5.41, 5.74) is 6.38. The first-order valence-corrected chi connectivity index (χ1v) is 23.7. The van der Waals surface area contributed by atoms with Gasteiger partial charge in [-0.25, -0.2) is 0 Å². The first kappa shape index (κ1) is 32.6. The molecule has 0 aromatic heterocycles. The van der Waals surface area contributed by atoms with E-state index in [1.807, 2.05) is 0 Å². The van der Waals surface area contributed by atoms with E-state index in [2.05, 4.69) is 119 Å². The molecular formula is C32H51PSe3. The summed E-state index contributed by atoms with van der Waals surface area (Å²) in [5.74, 6) is 0. The molecule has 0 amide bonds. The van der Waals surface area contributed by atoms with E-state index >= 15 is 0 Å². The van der Waals surface area contributed by atoms with Gasteiger partial charge < -0.3 is 0 Å². The van der Waals surface area contributed by atoms with Crippen molar-refractivity contribution in [2.45, 2.75) is 114 Å². The fourth-order valence-corrected chi connectivity index (χ4v) is 32.3. The van der Waals surface area contributed by atoms with E-state index in [9.17, 15) is 0 Å². The quantitative estimate of drug-likeness (QED) is 0.105. The Morgan fingerprint density at radius 3 is 1.56 bits per heavy atom. The third kappa shape index (κ3) is 12.1. The molecule has 0 N–H and O–H groups in total. The Hall–Kier alpha value is 0.428. The second kappa shape index (κ2) is 15.3. The molecule has 0 aliphatic rings. The monoisotopic (exact) mass is 706 g/mol. The van der Waals surface area contributed by atoms with Gasteiger partial charge in [0.15, 0.2) is 0 Å². The molecule has 0 bridgehead atoms. The summed E-state index contributed by atoms with van der Waals surface area (Å²) in [5, 5.41) is 1.48. The summed E-state index contributed by atoms with van der Waals surface area (Å²) in [7, 11) is 0. The summed E-state index contributed by atoms with van der Waals surface area (Å²) < 4.78 is -0.102. The van der Waals surface area contributed by atoms with Crippen LogP contribution in [0.5, 0.6) is 0 Å². The zero-order valence-electron chi connectivity index (χ0n) is 24.2. The predicted octanol–water partition coefficient (Wildman–Crippen LogP) is 9.26. The Kier molecular flexibility index (Phi) is 13.9. The van der Waals surface area contributed by atoms with Crippen LogP contribution in [0.1, 0.15) is 103 Å². The molecule has 2 aromatic rings. The van der Waals surface area contributed by atoms with E-state index in [0.717, 1.165) is 33.2 Å². The molecule has 1 atom stereocenters. The van der Waals surface area contributed by atoms with Crippen molar-refractivity contribution < 1.29 is 0 Å². The van der Waals surface area contributed by atoms with Gasteiger partial charge in [0.25, 0.3) is 0 Å². The average Bonchev–Trinajstić information content (AvgIpc) is 2.81. The second-order valence-corrected chi connectivity index (χ2v) is 34.7. The molecule has 0 aliphatic carbocycles. The first-order chi connectivity index (χ1) is 16.8. The molecule has 36 heavy (non-hydrogen) atoms. The van der Waals surface area contributed by atoms with Gasteiger partial charge >= 0.3 is 246 Å². The molecule has 0 saturated heterocycles. The Bertz CT molecular complexity index is 868. The normalized spacial score (nSPS) is 13.7. The van der Waals surface area contributed by atoms with Crippen LogP contribution in [0.15, 0.2) is 48.5 Å². The fraction of sp³-hybridized carbons (Fsp3) is 0.625. The molecule has 0 nitrogen and oxygen atoms in total. The van der Waals surface area contributed by atoms with Gasteiger partial charge in [-0.3, -0.25) is 0 Å². The van der Waals surface area contributed by atoms with Crippen LogP contribution in [0, 0.1) is 0 Å². The maximum atomic E-state index is 3.89. The van der Waals surface area contributed by atoms with Gasteiger partial charge in [0.1, 0.15) is 0 Å². The molecule has 1 unspecified atom stereocenters. The molecule has 0 heterocycles. The van der Waals surface area contributed by atoms with Gasteiger partial charge in [0.05, 0.1) is 0 Å². The maximum absolute atomic E-state index is 3.89. The van der Waals surface area contributed by atoms with Crippen LogP contribution in [0.2, 0.25) is 9.03 Å². The third-order valence-electron chi connectivity index (χ3n) is 6.81. The van der Waals surface area contributed by atoms with Gasteiger partial charge in [-0.05, 0) is 0 Å². The van der Waals surface area contributed by atoms with Gasteiger partial charge in [-0.1, -0.05) is 0 Å². The van der Waals surface area contributed by atoms with Crippen LogP contribution in [0.3, 0.4) is 0 Å². The van der Waals surface area contributed by atoms with Gasteiger partial charge in [0, 0.05) is 0 Å². The van der Waals surface area contributed by atoms with Crippen molar-refractivity contribution in [3.05, 3.63) is 70.8 Å². The first-order valence-electron chi connectivity index (χ1n) is 13.9. The Balaban J connectivity index is 2.05. The van der Waals surface area contributed by atoms with Gasteiger partial charge in [-0.2, -0.15) is 0 Å². The number of hydrogen-bond acceptors (Lipinski definition) is 0.